The molecule has 3 aliphatic heterocycles. The van der Waals surface area contributed by atoms with Crippen LogP contribution in [0.15, 0.2) is 0 Å². The summed E-state index contributed by atoms with van der Waals surface area (Å²) in [5, 5.41) is 0. The molecule has 0 amide bonds. The molecule has 3 heterocycles. The summed E-state index contributed by atoms with van der Waals surface area (Å²) in [5.41, 5.74) is 0. The molecule has 7 heteroatoms. The van der Waals surface area contributed by atoms with Crippen LogP contribution in [0.25, 0.3) is 0 Å². The number of carbonyl (C=O) groups is 1. The molecule has 7 nitrogen and oxygen atoms in total. The van der Waals surface area contributed by atoms with Crippen molar-refractivity contribution in [3.8, 4) is 0 Å². The Morgan fingerprint density at radius 1 is 1.00 bits per heavy atom. The first kappa shape index (κ1) is 17.1. The van der Waals surface area contributed by atoms with Crippen molar-refractivity contribution in [3.63, 3.8) is 0 Å². The number of hydrogen-bond donors (Lipinski definition) is 0. The van der Waals surface area contributed by atoms with Crippen molar-refractivity contribution in [2.75, 3.05) is 6.61 Å². The third-order valence-electron chi connectivity index (χ3n) is 4.09. The molecule has 0 aromatic carbocycles. The van der Waals surface area contributed by atoms with Crippen molar-refractivity contribution in [2.24, 2.45) is 0 Å². The van der Waals surface area contributed by atoms with Crippen molar-refractivity contribution in [1.29, 1.82) is 0 Å². The zero-order valence-electron chi connectivity index (χ0n) is 14.5. The minimum absolute atomic E-state index is 0.107. The van der Waals surface area contributed by atoms with E-state index < -0.39 is 42.0 Å². The fraction of sp³-hybridized carbons (Fsp3) is 0.938. The van der Waals surface area contributed by atoms with Crippen LogP contribution in [0.2, 0.25) is 0 Å². The highest BCUT2D eigenvalue weighted by atomic mass is 16.8. The zero-order valence-corrected chi connectivity index (χ0v) is 14.5. The third kappa shape index (κ3) is 3.39. The Bertz CT molecular complexity index is 473. The molecule has 0 spiro atoms. The molecule has 3 saturated heterocycles. The fourth-order valence-corrected chi connectivity index (χ4v) is 3.30. The highest BCUT2D eigenvalue weighted by Gasteiger charge is 2.59. The van der Waals surface area contributed by atoms with E-state index in [1.807, 2.05) is 41.5 Å². The maximum absolute atomic E-state index is 12.2. The van der Waals surface area contributed by atoms with Crippen LogP contribution < -0.4 is 0 Å². The topological polar surface area (TPSA) is 72.5 Å². The van der Waals surface area contributed by atoms with Gasteiger partial charge in [-0.3, -0.25) is 0 Å². The molecule has 5 atom stereocenters. The molecule has 0 N–H and O–H groups in total. The minimum atomic E-state index is -0.867. The number of esters is 1. The van der Waals surface area contributed by atoms with E-state index in [1.165, 1.54) is 0 Å². The predicted molar refractivity (Wildman–Crippen MR) is 78.6 cm³/mol. The van der Waals surface area contributed by atoms with Gasteiger partial charge in [-0.15, -0.1) is 0 Å². The lowest BCUT2D eigenvalue weighted by molar-refractivity contribution is -0.343. The molecule has 0 saturated carbocycles. The Morgan fingerprint density at radius 2 is 1.65 bits per heavy atom. The molecule has 0 bridgehead atoms. The fourth-order valence-electron chi connectivity index (χ4n) is 3.30. The van der Waals surface area contributed by atoms with E-state index >= 15 is 0 Å². The van der Waals surface area contributed by atoms with Crippen molar-refractivity contribution >= 4 is 5.97 Å². The molecule has 3 aliphatic rings. The smallest absolute Gasteiger partial charge is 0.338 e. The molecule has 0 aromatic heterocycles. The highest BCUT2D eigenvalue weighted by molar-refractivity contribution is 5.78. The largest absolute Gasteiger partial charge is 0.455 e. The van der Waals surface area contributed by atoms with Crippen LogP contribution in [0.3, 0.4) is 0 Å². The highest BCUT2D eigenvalue weighted by Crippen LogP contribution is 2.40. The summed E-state index contributed by atoms with van der Waals surface area (Å²) in [7, 11) is 0. The first-order valence-electron chi connectivity index (χ1n) is 8.11. The molecule has 3 rings (SSSR count). The maximum atomic E-state index is 12.2. The van der Waals surface area contributed by atoms with Crippen molar-refractivity contribution in [2.45, 2.75) is 89.7 Å². The quantitative estimate of drug-likeness (QED) is 0.724. The number of rotatable bonds is 3. The Balaban J connectivity index is 1.83. The van der Waals surface area contributed by atoms with Crippen LogP contribution in [0, 0.1) is 0 Å². The van der Waals surface area contributed by atoms with E-state index in [0.717, 1.165) is 0 Å². The van der Waals surface area contributed by atoms with Gasteiger partial charge in [0.15, 0.2) is 23.8 Å². The maximum Gasteiger partial charge on any atom is 0.338 e. The van der Waals surface area contributed by atoms with Crippen LogP contribution in [-0.2, 0) is 33.2 Å². The van der Waals surface area contributed by atoms with Gasteiger partial charge in [-0.25, -0.2) is 4.79 Å². The summed E-state index contributed by atoms with van der Waals surface area (Å²) >= 11 is 0. The molecule has 0 aliphatic carbocycles. The summed E-state index contributed by atoms with van der Waals surface area (Å²) in [6.45, 7) is 11.4. The average Bonchev–Trinajstić information content (AvgIpc) is 2.89. The second kappa shape index (κ2) is 5.67. The van der Waals surface area contributed by atoms with Gasteiger partial charge in [0, 0.05) is 0 Å². The Morgan fingerprint density at radius 3 is 2.22 bits per heavy atom. The minimum Gasteiger partial charge on any atom is -0.455 e. The van der Waals surface area contributed by atoms with Gasteiger partial charge >= 0.3 is 5.97 Å². The number of carbonyl (C=O) groups excluding carboxylic acids is 1. The van der Waals surface area contributed by atoms with E-state index in [0.29, 0.717) is 6.61 Å². The SMILES string of the molecule is CC(C)O[C@H]1C(=O)O[C@@H]2[C@H]1OC(C)(C)O[C@@H]2[C@H]1COC(C)(C)O1. The first-order valence-corrected chi connectivity index (χ1v) is 8.11. The van der Waals surface area contributed by atoms with E-state index in [1.54, 1.807) is 0 Å². The average molecular weight is 330 g/mol. The summed E-state index contributed by atoms with van der Waals surface area (Å²) in [4.78, 5) is 12.2. The Hall–Kier alpha value is -0.730. The normalized spacial score (nSPS) is 41.9. The van der Waals surface area contributed by atoms with Gasteiger partial charge in [0.1, 0.15) is 18.3 Å². The van der Waals surface area contributed by atoms with Crippen LogP contribution in [0.5, 0.6) is 0 Å². The summed E-state index contributed by atoms with van der Waals surface area (Å²) in [6.07, 6.45) is -2.74. The van der Waals surface area contributed by atoms with E-state index in [4.69, 9.17) is 28.4 Å². The van der Waals surface area contributed by atoms with Crippen LogP contribution in [0.4, 0.5) is 0 Å². The van der Waals surface area contributed by atoms with Crippen LogP contribution in [0.1, 0.15) is 41.5 Å². The van der Waals surface area contributed by atoms with E-state index in [2.05, 4.69) is 0 Å². The molecule has 23 heavy (non-hydrogen) atoms. The van der Waals surface area contributed by atoms with Crippen molar-refractivity contribution in [3.05, 3.63) is 0 Å². The summed E-state index contributed by atoms with van der Waals surface area (Å²) in [6, 6.07) is 0. The number of ether oxygens (including phenoxy) is 6. The van der Waals surface area contributed by atoms with Crippen molar-refractivity contribution in [1.82, 2.24) is 0 Å². The van der Waals surface area contributed by atoms with Gasteiger partial charge in [-0.2, -0.15) is 0 Å². The van der Waals surface area contributed by atoms with Gasteiger partial charge in [-0.05, 0) is 41.5 Å². The lowest BCUT2D eigenvalue weighted by atomic mass is 9.98. The molecular formula is C16H26O7. The molecular weight excluding hydrogens is 304 g/mol. The van der Waals surface area contributed by atoms with Crippen LogP contribution in [-0.4, -0.2) is 60.8 Å². The molecule has 3 fully saturated rings. The Kier molecular flexibility index (Phi) is 4.21. The predicted octanol–water partition coefficient (Wildman–Crippen LogP) is 1.38. The lowest BCUT2D eigenvalue weighted by Gasteiger charge is -2.44. The standard InChI is InChI=1S/C16H26O7/c1-8(2)19-13-12-11(20-14(13)17)10(22-16(5,6)23-12)9-7-18-15(3,4)21-9/h8-13H,7H2,1-6H3/t9-,10-,11+,12-,13-/m1/s1. The molecule has 0 unspecified atom stereocenters. The third-order valence-corrected chi connectivity index (χ3v) is 4.09. The van der Waals surface area contributed by atoms with Gasteiger partial charge in [-0.1, -0.05) is 0 Å². The van der Waals surface area contributed by atoms with Crippen molar-refractivity contribution < 1.29 is 33.2 Å². The lowest BCUT2D eigenvalue weighted by Crippen LogP contribution is -2.59. The monoisotopic (exact) mass is 330 g/mol. The van der Waals surface area contributed by atoms with Gasteiger partial charge in [0.05, 0.1) is 12.7 Å². The molecule has 0 radical (unpaired) electrons. The van der Waals surface area contributed by atoms with Gasteiger partial charge in [0.25, 0.3) is 0 Å². The second-order valence-corrected chi connectivity index (χ2v) is 7.44. The van der Waals surface area contributed by atoms with Gasteiger partial charge < -0.3 is 28.4 Å². The number of hydrogen-bond acceptors (Lipinski definition) is 7. The molecule has 0 aromatic rings. The van der Waals surface area contributed by atoms with Gasteiger partial charge in [0.2, 0.25) is 0 Å². The zero-order chi connectivity index (χ0) is 17.0. The molecule has 132 valence electrons. The van der Waals surface area contributed by atoms with E-state index in [-0.39, 0.29) is 12.2 Å². The summed E-state index contributed by atoms with van der Waals surface area (Å²) < 4.78 is 34.7. The Labute approximate surface area is 136 Å². The second-order valence-electron chi connectivity index (χ2n) is 7.44. The summed E-state index contributed by atoms with van der Waals surface area (Å²) in [5.74, 6) is -1.96. The van der Waals surface area contributed by atoms with Crippen LogP contribution >= 0.6 is 0 Å². The van der Waals surface area contributed by atoms with E-state index in [9.17, 15) is 4.79 Å². The first-order chi connectivity index (χ1) is 10.6. The number of fused-ring (bicyclic) bond motifs is 1.